The Bertz CT molecular complexity index is 722. The smallest absolute Gasteiger partial charge is 0.458 e. The molecule has 0 bridgehead atoms. The van der Waals surface area contributed by atoms with Crippen LogP contribution in [-0.4, -0.2) is 13.3 Å². The maximum Gasteiger partial charge on any atom is 0.458 e. The van der Waals surface area contributed by atoms with E-state index in [2.05, 4.69) is 0 Å². The molecule has 0 unspecified atom stereocenters. The van der Waals surface area contributed by atoms with E-state index in [9.17, 15) is 22.0 Å². The first-order chi connectivity index (χ1) is 9.31. The lowest BCUT2D eigenvalue weighted by Crippen LogP contribution is -2.02. The third-order valence-corrected chi connectivity index (χ3v) is 2.56. The lowest BCUT2D eigenvalue weighted by atomic mass is 10.0. The molecule has 2 aromatic carbocycles. The van der Waals surface area contributed by atoms with Crippen LogP contribution in [0.4, 0.5) is 22.0 Å². The van der Waals surface area contributed by atoms with Crippen LogP contribution in [0.3, 0.4) is 0 Å². The number of halogens is 5. The second-order valence-electron chi connectivity index (χ2n) is 3.88. The summed E-state index contributed by atoms with van der Waals surface area (Å²) in [6.45, 7) is 0. The average Bonchev–Trinajstić information content (AvgIpc) is 2.36. The summed E-state index contributed by atoms with van der Waals surface area (Å²) in [6, 6.07) is 5.01. The molecule has 0 N–H and O–H groups in total. The van der Waals surface area contributed by atoms with Crippen LogP contribution in [0.15, 0.2) is 24.3 Å². The van der Waals surface area contributed by atoms with Gasteiger partial charge in [-0.3, -0.25) is 0 Å². The summed E-state index contributed by atoms with van der Waals surface area (Å²) in [7, 11) is 1.39. The van der Waals surface area contributed by atoms with Gasteiger partial charge >= 0.3 is 6.18 Å². The van der Waals surface area contributed by atoms with Gasteiger partial charge in [0.05, 0.1) is 12.7 Å². The molecule has 2 rings (SSSR count). The van der Waals surface area contributed by atoms with Crippen LogP contribution in [-0.2, 0) is 0 Å². The Hall–Kier alpha value is -2.29. The van der Waals surface area contributed by atoms with Gasteiger partial charge in [-0.15, -0.1) is 0 Å². The third kappa shape index (κ3) is 2.82. The molecule has 0 aromatic heterocycles. The average molecular weight is 286 g/mol. The van der Waals surface area contributed by atoms with Crippen LogP contribution in [0.2, 0.25) is 0 Å². The molecule has 1 nitrogen and oxygen atoms in total. The van der Waals surface area contributed by atoms with Crippen LogP contribution in [0.5, 0.6) is 5.75 Å². The Morgan fingerprint density at radius 1 is 1.10 bits per heavy atom. The number of fused-ring (bicyclic) bond motifs is 1. The fourth-order valence-electron chi connectivity index (χ4n) is 1.68. The van der Waals surface area contributed by atoms with Crippen LogP contribution >= 0.6 is 0 Å². The Morgan fingerprint density at radius 2 is 1.80 bits per heavy atom. The third-order valence-electron chi connectivity index (χ3n) is 2.56. The first-order valence-corrected chi connectivity index (χ1v) is 5.37. The molecular weight excluding hydrogens is 279 g/mol. The molecule has 0 aliphatic carbocycles. The van der Waals surface area contributed by atoms with Gasteiger partial charge in [-0.25, -0.2) is 8.78 Å². The van der Waals surface area contributed by atoms with Crippen molar-refractivity contribution in [3.05, 3.63) is 41.5 Å². The molecule has 0 amide bonds. The van der Waals surface area contributed by atoms with E-state index < -0.39 is 23.4 Å². The lowest BCUT2D eigenvalue weighted by molar-refractivity contribution is -0.0696. The summed E-state index contributed by atoms with van der Waals surface area (Å²) in [5, 5.41) is 0.149. The van der Waals surface area contributed by atoms with Crippen molar-refractivity contribution in [2.24, 2.45) is 0 Å². The van der Waals surface area contributed by atoms with Crippen molar-refractivity contribution in [3.8, 4) is 17.6 Å². The molecule has 0 aliphatic rings. The minimum atomic E-state index is -4.81. The summed E-state index contributed by atoms with van der Waals surface area (Å²) in [5.74, 6) is 0.440. The molecular formula is C14H7F5O. The summed E-state index contributed by atoms with van der Waals surface area (Å²) < 4.78 is 68.5. The van der Waals surface area contributed by atoms with E-state index in [0.717, 1.165) is 12.0 Å². The molecule has 104 valence electrons. The largest absolute Gasteiger partial charge is 0.497 e. The summed E-state index contributed by atoms with van der Waals surface area (Å²) in [6.07, 6.45) is -4.81. The van der Waals surface area contributed by atoms with Crippen molar-refractivity contribution in [1.82, 2.24) is 0 Å². The predicted molar refractivity (Wildman–Crippen MR) is 63.3 cm³/mol. The lowest BCUT2D eigenvalue weighted by Gasteiger charge is -2.06. The molecule has 6 heteroatoms. The van der Waals surface area contributed by atoms with Gasteiger partial charge in [-0.1, -0.05) is 5.92 Å². The highest BCUT2D eigenvalue weighted by Crippen LogP contribution is 2.27. The number of ether oxygens (including phenoxy) is 1. The van der Waals surface area contributed by atoms with E-state index in [4.69, 9.17) is 4.74 Å². The molecule has 2 aromatic rings. The monoisotopic (exact) mass is 286 g/mol. The highest BCUT2D eigenvalue weighted by atomic mass is 19.4. The number of hydrogen-bond donors (Lipinski definition) is 0. The summed E-state index contributed by atoms with van der Waals surface area (Å²) in [4.78, 5) is 0. The van der Waals surface area contributed by atoms with Crippen molar-refractivity contribution in [3.63, 3.8) is 0 Å². The molecule has 0 aliphatic heterocycles. The minimum absolute atomic E-state index is 0.0290. The van der Waals surface area contributed by atoms with Gasteiger partial charge in [0.1, 0.15) is 17.4 Å². The molecule has 0 fully saturated rings. The second kappa shape index (κ2) is 5.00. The van der Waals surface area contributed by atoms with Crippen molar-refractivity contribution >= 4 is 10.8 Å². The maximum absolute atomic E-state index is 14.0. The standard InChI is InChI=1S/C14H7F5O/c1-20-9-2-3-10-8(6-9)7-12(15)11(13(10)16)4-5-14(17,18)19/h2-3,6-7H,1H3. The van der Waals surface area contributed by atoms with Gasteiger partial charge in [0.2, 0.25) is 0 Å². The predicted octanol–water partition coefficient (Wildman–Crippen LogP) is 4.04. The topological polar surface area (TPSA) is 9.23 Å². The van der Waals surface area contributed by atoms with Crippen molar-refractivity contribution < 1.29 is 26.7 Å². The fraction of sp³-hybridized carbons (Fsp3) is 0.143. The highest BCUT2D eigenvalue weighted by molar-refractivity contribution is 5.86. The second-order valence-corrected chi connectivity index (χ2v) is 3.88. The van der Waals surface area contributed by atoms with Crippen LogP contribution in [0.25, 0.3) is 10.8 Å². The van der Waals surface area contributed by atoms with E-state index in [1.807, 2.05) is 0 Å². The van der Waals surface area contributed by atoms with Crippen LogP contribution in [0, 0.1) is 23.5 Å². The van der Waals surface area contributed by atoms with E-state index in [0.29, 0.717) is 5.75 Å². The van der Waals surface area contributed by atoms with Gasteiger partial charge in [-0.2, -0.15) is 13.2 Å². The van der Waals surface area contributed by atoms with Crippen molar-refractivity contribution in [2.45, 2.75) is 6.18 Å². The van der Waals surface area contributed by atoms with Crippen LogP contribution in [0.1, 0.15) is 5.56 Å². The quantitative estimate of drug-likeness (QED) is 0.568. The first kappa shape index (κ1) is 14.1. The van der Waals surface area contributed by atoms with Gasteiger partial charge in [0, 0.05) is 11.3 Å². The van der Waals surface area contributed by atoms with Gasteiger partial charge in [0.15, 0.2) is 0 Å². The number of benzene rings is 2. The van der Waals surface area contributed by atoms with Crippen molar-refractivity contribution in [2.75, 3.05) is 7.11 Å². The molecule has 20 heavy (non-hydrogen) atoms. The minimum Gasteiger partial charge on any atom is -0.497 e. The number of methoxy groups -OCH3 is 1. The summed E-state index contributed by atoms with van der Waals surface area (Å²) >= 11 is 0. The molecule has 0 saturated heterocycles. The zero-order valence-electron chi connectivity index (χ0n) is 10.1. The van der Waals surface area contributed by atoms with Crippen molar-refractivity contribution in [1.29, 1.82) is 0 Å². The SMILES string of the molecule is COc1ccc2c(F)c(C#CC(F)(F)F)c(F)cc2c1. The zero-order chi connectivity index (χ0) is 14.9. The van der Waals surface area contributed by atoms with E-state index in [-0.39, 0.29) is 10.8 Å². The van der Waals surface area contributed by atoms with Gasteiger partial charge in [0.25, 0.3) is 0 Å². The molecule has 0 heterocycles. The Morgan fingerprint density at radius 3 is 2.40 bits per heavy atom. The molecule has 0 radical (unpaired) electrons. The zero-order valence-corrected chi connectivity index (χ0v) is 10.1. The first-order valence-electron chi connectivity index (χ1n) is 5.37. The van der Waals surface area contributed by atoms with Gasteiger partial charge in [-0.05, 0) is 29.7 Å². The highest BCUT2D eigenvalue weighted by Gasteiger charge is 2.23. The summed E-state index contributed by atoms with van der Waals surface area (Å²) in [5.41, 5.74) is -0.903. The number of rotatable bonds is 1. The van der Waals surface area contributed by atoms with Crippen LogP contribution < -0.4 is 4.74 Å². The Kier molecular flexibility index (Phi) is 3.53. The van der Waals surface area contributed by atoms with E-state index in [1.165, 1.54) is 31.2 Å². The number of alkyl halides is 3. The normalized spacial score (nSPS) is 11.1. The Balaban J connectivity index is 2.66. The van der Waals surface area contributed by atoms with Gasteiger partial charge < -0.3 is 4.74 Å². The fourth-order valence-corrected chi connectivity index (χ4v) is 1.68. The molecule has 0 saturated carbocycles. The van der Waals surface area contributed by atoms with E-state index in [1.54, 1.807) is 0 Å². The maximum atomic E-state index is 14.0. The van der Waals surface area contributed by atoms with E-state index >= 15 is 0 Å². The Labute approximate surface area is 111 Å². The molecule has 0 spiro atoms. The molecule has 0 atom stereocenters. The number of hydrogen-bond acceptors (Lipinski definition) is 1.